The van der Waals surface area contributed by atoms with Crippen molar-refractivity contribution in [2.45, 2.75) is 26.0 Å². The van der Waals surface area contributed by atoms with E-state index in [0.717, 1.165) is 19.6 Å². The van der Waals surface area contributed by atoms with Gasteiger partial charge in [0.25, 0.3) is 0 Å². The summed E-state index contributed by atoms with van der Waals surface area (Å²) in [6.45, 7) is 9.46. The van der Waals surface area contributed by atoms with E-state index in [2.05, 4.69) is 28.8 Å². The zero-order chi connectivity index (χ0) is 12.6. The topological polar surface area (TPSA) is 61.4 Å². The fourth-order valence-corrected chi connectivity index (χ4v) is 2.47. The molecular weight excluding hydrogens is 226 g/mol. The van der Waals surface area contributed by atoms with Crippen molar-refractivity contribution < 1.29 is 8.42 Å². The Morgan fingerprint density at radius 3 is 2.25 bits per heavy atom. The van der Waals surface area contributed by atoms with Crippen molar-refractivity contribution in [2.75, 3.05) is 39.8 Å². The lowest BCUT2D eigenvalue weighted by Crippen LogP contribution is -2.41. The maximum absolute atomic E-state index is 11.7. The van der Waals surface area contributed by atoms with Crippen LogP contribution in [0.4, 0.5) is 0 Å². The van der Waals surface area contributed by atoms with E-state index >= 15 is 0 Å². The van der Waals surface area contributed by atoms with Gasteiger partial charge in [0.1, 0.15) is 0 Å². The molecule has 16 heavy (non-hydrogen) atoms. The fourth-order valence-electron chi connectivity index (χ4n) is 1.43. The smallest absolute Gasteiger partial charge is 0.215 e. The van der Waals surface area contributed by atoms with Crippen molar-refractivity contribution in [2.24, 2.45) is 0 Å². The van der Waals surface area contributed by atoms with E-state index in [4.69, 9.17) is 0 Å². The van der Waals surface area contributed by atoms with Gasteiger partial charge in [0, 0.05) is 19.6 Å². The van der Waals surface area contributed by atoms with E-state index in [9.17, 15) is 8.42 Å². The zero-order valence-corrected chi connectivity index (χ0v) is 11.6. The molecule has 0 aliphatic rings. The minimum absolute atomic E-state index is 0.394. The molecule has 0 spiro atoms. The average molecular weight is 251 g/mol. The maximum atomic E-state index is 11.7. The Balaban J connectivity index is 3.99. The standard InChI is InChI=1S/C10H25N3O2S/c1-5-13(6-2)8-7-12-16(14,15)10(3)9-11-4/h10-12H,5-9H2,1-4H3. The first kappa shape index (κ1) is 15.8. The zero-order valence-electron chi connectivity index (χ0n) is 10.8. The SMILES string of the molecule is CCN(CC)CCNS(=O)(=O)C(C)CNC. The molecular formula is C10H25N3O2S. The highest BCUT2D eigenvalue weighted by atomic mass is 32.2. The third kappa shape index (κ3) is 5.79. The first-order valence-corrected chi connectivity index (χ1v) is 7.38. The van der Waals surface area contributed by atoms with Crippen LogP contribution in [0.1, 0.15) is 20.8 Å². The largest absolute Gasteiger partial charge is 0.318 e. The van der Waals surface area contributed by atoms with Gasteiger partial charge in [0.15, 0.2) is 0 Å². The highest BCUT2D eigenvalue weighted by Crippen LogP contribution is 1.96. The third-order valence-corrected chi connectivity index (χ3v) is 4.48. The second kappa shape index (κ2) is 8.00. The number of hydrogen-bond acceptors (Lipinski definition) is 4. The molecule has 2 N–H and O–H groups in total. The van der Waals surface area contributed by atoms with Crippen LogP contribution in [0.2, 0.25) is 0 Å². The van der Waals surface area contributed by atoms with Crippen molar-refractivity contribution >= 4 is 10.0 Å². The maximum Gasteiger partial charge on any atom is 0.215 e. The van der Waals surface area contributed by atoms with Crippen molar-refractivity contribution in [3.05, 3.63) is 0 Å². The lowest BCUT2D eigenvalue weighted by Gasteiger charge is -2.19. The van der Waals surface area contributed by atoms with Gasteiger partial charge in [-0.15, -0.1) is 0 Å². The summed E-state index contributed by atoms with van der Waals surface area (Å²) in [6, 6.07) is 0. The monoisotopic (exact) mass is 251 g/mol. The Labute approximate surface area is 99.6 Å². The molecule has 0 fully saturated rings. The van der Waals surface area contributed by atoms with E-state index in [-0.39, 0.29) is 0 Å². The highest BCUT2D eigenvalue weighted by molar-refractivity contribution is 7.90. The Morgan fingerprint density at radius 1 is 1.25 bits per heavy atom. The number of sulfonamides is 1. The fraction of sp³-hybridized carbons (Fsp3) is 1.00. The van der Waals surface area contributed by atoms with Crippen molar-refractivity contribution in [3.63, 3.8) is 0 Å². The Bertz CT molecular complexity index is 263. The molecule has 0 aromatic rings. The van der Waals surface area contributed by atoms with E-state index < -0.39 is 15.3 Å². The summed E-state index contributed by atoms with van der Waals surface area (Å²) in [6.07, 6.45) is 0. The van der Waals surface area contributed by atoms with Crippen LogP contribution in [0, 0.1) is 0 Å². The van der Waals surface area contributed by atoms with Gasteiger partial charge in [0.2, 0.25) is 10.0 Å². The van der Waals surface area contributed by atoms with Gasteiger partial charge in [0.05, 0.1) is 5.25 Å². The van der Waals surface area contributed by atoms with Crippen molar-refractivity contribution in [3.8, 4) is 0 Å². The molecule has 0 radical (unpaired) electrons. The van der Waals surface area contributed by atoms with Crippen LogP contribution < -0.4 is 10.0 Å². The quantitative estimate of drug-likeness (QED) is 0.598. The summed E-state index contributed by atoms with van der Waals surface area (Å²) in [5.41, 5.74) is 0. The molecule has 0 saturated heterocycles. The number of nitrogens with zero attached hydrogens (tertiary/aromatic N) is 1. The lowest BCUT2D eigenvalue weighted by atomic mass is 10.5. The van der Waals surface area contributed by atoms with Gasteiger partial charge in [-0.3, -0.25) is 0 Å². The molecule has 0 amide bonds. The lowest BCUT2D eigenvalue weighted by molar-refractivity contribution is 0.308. The van der Waals surface area contributed by atoms with Crippen LogP contribution in [0.5, 0.6) is 0 Å². The molecule has 1 unspecified atom stereocenters. The van der Waals surface area contributed by atoms with Gasteiger partial charge in [-0.25, -0.2) is 13.1 Å². The Hall–Kier alpha value is -0.170. The molecule has 0 heterocycles. The molecule has 5 nitrogen and oxygen atoms in total. The van der Waals surface area contributed by atoms with Gasteiger partial charge in [-0.05, 0) is 27.1 Å². The second-order valence-electron chi connectivity index (χ2n) is 3.83. The average Bonchev–Trinajstić information content (AvgIpc) is 2.24. The Morgan fingerprint density at radius 2 is 1.81 bits per heavy atom. The van der Waals surface area contributed by atoms with E-state index in [0.29, 0.717) is 13.1 Å². The van der Waals surface area contributed by atoms with Crippen LogP contribution in [0.3, 0.4) is 0 Å². The molecule has 0 rings (SSSR count). The van der Waals surface area contributed by atoms with E-state index in [1.54, 1.807) is 14.0 Å². The first-order chi connectivity index (χ1) is 7.47. The van der Waals surface area contributed by atoms with Crippen LogP contribution >= 0.6 is 0 Å². The summed E-state index contributed by atoms with van der Waals surface area (Å²) in [4.78, 5) is 2.19. The summed E-state index contributed by atoms with van der Waals surface area (Å²) >= 11 is 0. The predicted octanol–water partition coefficient (Wildman–Crippen LogP) is -0.144. The van der Waals surface area contributed by atoms with E-state index in [1.165, 1.54) is 0 Å². The number of likely N-dealkylation sites (N-methyl/N-ethyl adjacent to an activating group) is 1. The molecule has 0 aromatic carbocycles. The number of rotatable bonds is 9. The Kier molecular flexibility index (Phi) is 7.91. The highest BCUT2D eigenvalue weighted by Gasteiger charge is 2.18. The molecule has 0 bridgehead atoms. The van der Waals surface area contributed by atoms with Crippen molar-refractivity contribution in [1.82, 2.24) is 14.9 Å². The van der Waals surface area contributed by atoms with Crippen LogP contribution in [0.15, 0.2) is 0 Å². The molecule has 1 atom stereocenters. The van der Waals surface area contributed by atoms with Crippen LogP contribution in [-0.4, -0.2) is 58.3 Å². The normalized spacial score (nSPS) is 14.3. The molecule has 6 heteroatoms. The first-order valence-electron chi connectivity index (χ1n) is 5.83. The van der Waals surface area contributed by atoms with Gasteiger partial charge >= 0.3 is 0 Å². The second-order valence-corrected chi connectivity index (χ2v) is 6.02. The molecule has 0 aliphatic carbocycles. The minimum Gasteiger partial charge on any atom is -0.318 e. The number of nitrogens with one attached hydrogen (secondary N) is 2. The van der Waals surface area contributed by atoms with E-state index in [1.807, 2.05) is 0 Å². The minimum atomic E-state index is -3.17. The molecule has 0 saturated carbocycles. The molecule has 0 aromatic heterocycles. The van der Waals surface area contributed by atoms with Gasteiger partial charge < -0.3 is 10.2 Å². The number of hydrogen-bond donors (Lipinski definition) is 2. The molecule has 0 aliphatic heterocycles. The molecule has 98 valence electrons. The van der Waals surface area contributed by atoms with Crippen LogP contribution in [0.25, 0.3) is 0 Å². The summed E-state index contributed by atoms with van der Waals surface area (Å²) < 4.78 is 26.1. The summed E-state index contributed by atoms with van der Waals surface area (Å²) in [5, 5.41) is 2.47. The van der Waals surface area contributed by atoms with Gasteiger partial charge in [-0.2, -0.15) is 0 Å². The summed E-state index contributed by atoms with van der Waals surface area (Å²) in [7, 11) is -1.42. The van der Waals surface area contributed by atoms with Crippen molar-refractivity contribution in [1.29, 1.82) is 0 Å². The third-order valence-electron chi connectivity index (χ3n) is 2.65. The predicted molar refractivity (Wildman–Crippen MR) is 68.1 cm³/mol. The summed E-state index contributed by atoms with van der Waals surface area (Å²) in [5.74, 6) is 0. The van der Waals surface area contributed by atoms with Crippen LogP contribution in [-0.2, 0) is 10.0 Å². The van der Waals surface area contributed by atoms with Gasteiger partial charge in [-0.1, -0.05) is 13.8 Å².